The van der Waals surface area contributed by atoms with Crippen LogP contribution < -0.4 is 9.47 Å². The van der Waals surface area contributed by atoms with E-state index in [4.69, 9.17) is 9.47 Å². The van der Waals surface area contributed by atoms with Crippen molar-refractivity contribution in [2.45, 2.75) is 26.9 Å². The second-order valence-corrected chi connectivity index (χ2v) is 3.89. The number of para-hydroxylation sites is 1. The molecule has 0 aromatic heterocycles. The molecule has 3 nitrogen and oxygen atoms in total. The molecule has 3 heteroatoms. The Balaban J connectivity index is 2.80. The van der Waals surface area contributed by atoms with Crippen molar-refractivity contribution in [3.8, 4) is 11.5 Å². The number of hydrogen-bond acceptors (Lipinski definition) is 3. The monoisotopic (exact) mass is 236 g/mol. The highest BCUT2D eigenvalue weighted by Crippen LogP contribution is 2.31. The van der Waals surface area contributed by atoms with Gasteiger partial charge in [0.25, 0.3) is 0 Å². The maximum absolute atomic E-state index is 9.27. The van der Waals surface area contributed by atoms with E-state index in [2.05, 4.69) is 6.58 Å². The van der Waals surface area contributed by atoms with Gasteiger partial charge in [-0.2, -0.15) is 0 Å². The zero-order valence-corrected chi connectivity index (χ0v) is 10.5. The summed E-state index contributed by atoms with van der Waals surface area (Å²) in [6.45, 7) is 8.78. The molecule has 0 fully saturated rings. The minimum absolute atomic E-state index is 0.0523. The van der Waals surface area contributed by atoms with E-state index >= 15 is 0 Å². The van der Waals surface area contributed by atoms with Gasteiger partial charge in [-0.05, 0) is 19.9 Å². The predicted octanol–water partition coefficient (Wildman–Crippen LogP) is 2.92. The molecule has 0 aliphatic rings. The highest BCUT2D eigenvalue weighted by molar-refractivity contribution is 5.46. The van der Waals surface area contributed by atoms with Crippen molar-refractivity contribution in [3.63, 3.8) is 0 Å². The summed E-state index contributed by atoms with van der Waals surface area (Å²) >= 11 is 0. The van der Waals surface area contributed by atoms with Gasteiger partial charge in [0.1, 0.15) is 0 Å². The number of hydrogen-bond donors (Lipinski definition) is 1. The molecule has 0 unspecified atom stereocenters. The third kappa shape index (κ3) is 4.11. The summed E-state index contributed by atoms with van der Waals surface area (Å²) in [5.74, 6) is 1.32. The number of rotatable bonds is 7. The minimum atomic E-state index is -0.0523. The second-order valence-electron chi connectivity index (χ2n) is 3.89. The van der Waals surface area contributed by atoms with Crippen LogP contribution in [0.4, 0.5) is 0 Å². The van der Waals surface area contributed by atoms with Gasteiger partial charge in [-0.3, -0.25) is 0 Å². The molecule has 0 spiro atoms. The van der Waals surface area contributed by atoms with E-state index in [1.807, 2.05) is 32.0 Å². The zero-order chi connectivity index (χ0) is 12.7. The topological polar surface area (TPSA) is 38.7 Å². The van der Waals surface area contributed by atoms with Crippen LogP contribution in [0.1, 0.15) is 25.8 Å². The lowest BCUT2D eigenvalue weighted by Gasteiger charge is -2.14. The van der Waals surface area contributed by atoms with Gasteiger partial charge in [0.05, 0.1) is 19.8 Å². The summed E-state index contributed by atoms with van der Waals surface area (Å²) in [4.78, 5) is 0. The fourth-order valence-electron chi connectivity index (χ4n) is 1.45. The summed E-state index contributed by atoms with van der Waals surface area (Å²) < 4.78 is 11.2. The van der Waals surface area contributed by atoms with E-state index in [0.717, 1.165) is 17.6 Å². The van der Waals surface area contributed by atoms with Crippen molar-refractivity contribution in [1.82, 2.24) is 0 Å². The molecule has 94 valence electrons. The first-order valence-corrected chi connectivity index (χ1v) is 5.81. The smallest absolute Gasteiger partial charge is 0.166 e. The third-order valence-corrected chi connectivity index (χ3v) is 2.31. The van der Waals surface area contributed by atoms with Crippen LogP contribution in [0.2, 0.25) is 0 Å². The van der Waals surface area contributed by atoms with Crippen LogP contribution in [0.5, 0.6) is 11.5 Å². The molecule has 0 saturated carbocycles. The average molecular weight is 236 g/mol. The van der Waals surface area contributed by atoms with Crippen molar-refractivity contribution in [2.75, 3.05) is 13.2 Å². The zero-order valence-electron chi connectivity index (χ0n) is 10.5. The molecule has 1 aromatic rings. The summed E-state index contributed by atoms with van der Waals surface area (Å²) in [5.41, 5.74) is 1.82. The molecule has 0 saturated heterocycles. The van der Waals surface area contributed by atoms with Gasteiger partial charge in [-0.1, -0.05) is 17.7 Å². The molecule has 0 amide bonds. The molecule has 0 radical (unpaired) electrons. The van der Waals surface area contributed by atoms with Crippen LogP contribution in [0.25, 0.3) is 0 Å². The van der Waals surface area contributed by atoms with Crippen molar-refractivity contribution >= 4 is 0 Å². The number of benzene rings is 1. The van der Waals surface area contributed by atoms with Crippen LogP contribution in [0, 0.1) is 0 Å². The Kier molecular flexibility index (Phi) is 5.57. The maximum atomic E-state index is 9.27. The van der Waals surface area contributed by atoms with Gasteiger partial charge >= 0.3 is 0 Å². The van der Waals surface area contributed by atoms with Gasteiger partial charge in [0.15, 0.2) is 11.5 Å². The first-order chi connectivity index (χ1) is 8.19. The molecule has 1 rings (SSSR count). The second kappa shape index (κ2) is 6.97. The lowest BCUT2D eigenvalue weighted by molar-refractivity contribution is 0.250. The molecule has 17 heavy (non-hydrogen) atoms. The molecule has 0 aliphatic heterocycles. The Hall–Kier alpha value is -1.48. The first-order valence-electron chi connectivity index (χ1n) is 5.81. The van der Waals surface area contributed by atoms with Gasteiger partial charge < -0.3 is 14.6 Å². The summed E-state index contributed by atoms with van der Waals surface area (Å²) in [5, 5.41) is 9.27. The van der Waals surface area contributed by atoms with Crippen LogP contribution in [0.15, 0.2) is 30.4 Å². The Morgan fingerprint density at radius 3 is 2.71 bits per heavy atom. The van der Waals surface area contributed by atoms with Crippen molar-refractivity contribution < 1.29 is 14.6 Å². The molecule has 0 heterocycles. The number of ether oxygens (including phenoxy) is 2. The highest BCUT2D eigenvalue weighted by Gasteiger charge is 2.10. The standard InChI is InChI=1S/C14H20O3/c1-4-16-13-7-5-6-12(10-15)14(13)17-9-8-11(2)3/h5-7,15H,2,4,8-10H2,1,3H3. The lowest BCUT2D eigenvalue weighted by atomic mass is 10.2. The Labute approximate surface area is 103 Å². The quantitative estimate of drug-likeness (QED) is 0.740. The van der Waals surface area contributed by atoms with Crippen LogP contribution in [0.3, 0.4) is 0 Å². The van der Waals surface area contributed by atoms with E-state index in [0.29, 0.717) is 24.7 Å². The number of aliphatic hydroxyl groups is 1. The minimum Gasteiger partial charge on any atom is -0.490 e. The normalized spacial score (nSPS) is 10.1. The van der Waals surface area contributed by atoms with Crippen LogP contribution in [-0.2, 0) is 6.61 Å². The van der Waals surface area contributed by atoms with Gasteiger partial charge in [-0.25, -0.2) is 0 Å². The summed E-state index contributed by atoms with van der Waals surface area (Å²) in [6, 6.07) is 5.53. The first kappa shape index (κ1) is 13.6. The van der Waals surface area contributed by atoms with Crippen LogP contribution in [-0.4, -0.2) is 18.3 Å². The highest BCUT2D eigenvalue weighted by atomic mass is 16.5. The van der Waals surface area contributed by atoms with Gasteiger partial charge in [-0.15, -0.1) is 6.58 Å². The third-order valence-electron chi connectivity index (χ3n) is 2.31. The molecule has 0 bridgehead atoms. The van der Waals surface area contributed by atoms with Gasteiger partial charge in [0.2, 0.25) is 0 Å². The molecular weight excluding hydrogens is 216 g/mol. The maximum Gasteiger partial charge on any atom is 0.166 e. The van der Waals surface area contributed by atoms with Crippen molar-refractivity contribution in [1.29, 1.82) is 0 Å². The van der Waals surface area contributed by atoms with E-state index in [9.17, 15) is 5.11 Å². The number of aliphatic hydroxyl groups excluding tert-OH is 1. The molecular formula is C14H20O3. The van der Waals surface area contributed by atoms with Crippen LogP contribution >= 0.6 is 0 Å². The SMILES string of the molecule is C=C(C)CCOc1c(CO)cccc1OCC. The van der Waals surface area contributed by atoms with Gasteiger partial charge in [0, 0.05) is 12.0 Å². The lowest BCUT2D eigenvalue weighted by Crippen LogP contribution is -2.04. The summed E-state index contributed by atoms with van der Waals surface area (Å²) in [6.07, 6.45) is 0.797. The van der Waals surface area contributed by atoms with Crippen molar-refractivity contribution in [2.24, 2.45) is 0 Å². The van der Waals surface area contributed by atoms with E-state index < -0.39 is 0 Å². The van der Waals surface area contributed by atoms with E-state index in [1.54, 1.807) is 0 Å². The molecule has 1 N–H and O–H groups in total. The fourth-order valence-corrected chi connectivity index (χ4v) is 1.45. The molecule has 0 atom stereocenters. The van der Waals surface area contributed by atoms with Crippen molar-refractivity contribution in [3.05, 3.63) is 35.9 Å². The summed E-state index contributed by atoms with van der Waals surface area (Å²) in [7, 11) is 0. The molecule has 0 aliphatic carbocycles. The van der Waals surface area contributed by atoms with E-state index in [-0.39, 0.29) is 6.61 Å². The fraction of sp³-hybridized carbons (Fsp3) is 0.429. The predicted molar refractivity (Wildman–Crippen MR) is 68.5 cm³/mol. The largest absolute Gasteiger partial charge is 0.490 e. The average Bonchev–Trinajstić information content (AvgIpc) is 2.30. The Morgan fingerprint density at radius 1 is 1.35 bits per heavy atom. The van der Waals surface area contributed by atoms with E-state index in [1.165, 1.54) is 0 Å². The Bertz CT molecular complexity index is 372. The molecule has 1 aromatic carbocycles. The Morgan fingerprint density at radius 2 is 2.12 bits per heavy atom.